The molecule has 47 heavy (non-hydrogen) atoms. The van der Waals surface area contributed by atoms with Gasteiger partial charge in [0.05, 0.1) is 19.3 Å². The molecule has 4 aromatic rings. The summed E-state index contributed by atoms with van der Waals surface area (Å²) in [6, 6.07) is 0. The van der Waals surface area contributed by atoms with Crippen molar-refractivity contribution in [2.24, 2.45) is 5.92 Å². The Morgan fingerprint density at radius 1 is 0.979 bits per heavy atom. The minimum Gasteiger partial charge on any atom is -0.394 e. The van der Waals surface area contributed by atoms with Crippen LogP contribution in [0.3, 0.4) is 0 Å². The molecule has 2 fully saturated rings. The van der Waals surface area contributed by atoms with Gasteiger partial charge in [-0.1, -0.05) is 52.8 Å². The van der Waals surface area contributed by atoms with Gasteiger partial charge in [0.25, 0.3) is 0 Å². The van der Waals surface area contributed by atoms with Crippen molar-refractivity contribution < 1.29 is 28.5 Å². The van der Waals surface area contributed by atoms with Gasteiger partial charge < -0.3 is 30.4 Å². The van der Waals surface area contributed by atoms with Crippen molar-refractivity contribution in [3.63, 3.8) is 0 Å². The number of terminal acetylenes is 2. The van der Waals surface area contributed by atoms with Crippen molar-refractivity contribution in [2.75, 3.05) is 17.3 Å². The predicted molar refractivity (Wildman–Crippen MR) is 174 cm³/mol. The molecule has 14 nitrogen and oxygen atoms in total. The van der Waals surface area contributed by atoms with E-state index in [1.165, 1.54) is 10.9 Å². The van der Waals surface area contributed by atoms with Gasteiger partial charge in [0.1, 0.15) is 37.9 Å². The predicted octanol–water partition coefficient (Wildman–Crippen LogP) is 3.38. The Morgan fingerprint density at radius 3 is 2.02 bits per heavy atom. The van der Waals surface area contributed by atoms with E-state index >= 15 is 0 Å². The highest BCUT2D eigenvalue weighted by Gasteiger charge is 2.48. The third-order valence-corrected chi connectivity index (χ3v) is 9.17. The van der Waals surface area contributed by atoms with Crippen LogP contribution in [0.4, 0.5) is 20.4 Å². The normalized spacial score (nSPS) is 27.1. The highest BCUT2D eigenvalue weighted by atomic mass is 28.3. The summed E-state index contributed by atoms with van der Waals surface area (Å²) in [6.45, 7) is 9.89. The number of hydrogen-bond donors (Lipinski definition) is 4. The SMILES string of the molecule is C.C#C[C@]1(CC)O[C@@H](n2cnc3c(N[Si](C)(C)C)nc(F)nc32)C[C@@H]1C.C#C[C@]1(CO)O[C@@H](n2cnc3c(N)nc(F)nc32)C[C@@H]1O. The summed E-state index contributed by atoms with van der Waals surface area (Å²) < 4.78 is 42.2. The molecule has 0 spiro atoms. The summed E-state index contributed by atoms with van der Waals surface area (Å²) >= 11 is 0. The number of hydrogen-bond acceptors (Lipinski definition) is 12. The number of aliphatic hydroxyl groups excluding tert-OH is 2. The molecule has 0 amide bonds. The van der Waals surface area contributed by atoms with E-state index in [-0.39, 0.29) is 43.0 Å². The Morgan fingerprint density at radius 2 is 1.51 bits per heavy atom. The van der Waals surface area contributed by atoms with Gasteiger partial charge in [-0.25, -0.2) is 9.97 Å². The highest BCUT2D eigenvalue weighted by Crippen LogP contribution is 2.44. The number of aliphatic hydroxyl groups is 2. The average molecular weight is 671 g/mol. The zero-order valence-corrected chi connectivity index (χ0v) is 27.1. The molecule has 0 aliphatic carbocycles. The molecule has 252 valence electrons. The lowest BCUT2D eigenvalue weighted by Crippen LogP contribution is -2.41. The molecule has 0 unspecified atom stereocenters. The number of anilines is 2. The summed E-state index contributed by atoms with van der Waals surface area (Å²) in [5, 5.41) is 19.3. The first-order valence-electron chi connectivity index (χ1n) is 14.6. The molecular formula is C30H40F2N10O4Si. The van der Waals surface area contributed by atoms with Crippen molar-refractivity contribution in [1.82, 2.24) is 39.0 Å². The van der Waals surface area contributed by atoms with Crippen molar-refractivity contribution >= 4 is 42.2 Å². The van der Waals surface area contributed by atoms with Crippen LogP contribution >= 0.6 is 0 Å². The number of rotatable bonds is 6. The lowest BCUT2D eigenvalue weighted by atomic mass is 9.87. The lowest BCUT2D eigenvalue weighted by Gasteiger charge is -2.25. The van der Waals surface area contributed by atoms with E-state index in [9.17, 15) is 19.0 Å². The Labute approximate surface area is 272 Å². The van der Waals surface area contributed by atoms with Crippen LogP contribution in [-0.2, 0) is 9.47 Å². The van der Waals surface area contributed by atoms with Gasteiger partial charge in [-0.2, -0.15) is 28.7 Å². The molecule has 0 radical (unpaired) electrons. The molecule has 2 aliphatic rings. The molecule has 0 saturated carbocycles. The first-order valence-corrected chi connectivity index (χ1v) is 18.1. The van der Waals surface area contributed by atoms with Crippen molar-refractivity contribution in [3.8, 4) is 24.7 Å². The first kappa shape index (κ1) is 35.6. The minimum absolute atomic E-state index is 0. The quantitative estimate of drug-likeness (QED) is 0.133. The van der Waals surface area contributed by atoms with Gasteiger partial charge in [-0.05, 0) is 12.8 Å². The second kappa shape index (κ2) is 13.1. The zero-order valence-electron chi connectivity index (χ0n) is 26.1. The van der Waals surface area contributed by atoms with Gasteiger partial charge in [-0.15, -0.1) is 12.8 Å². The maximum atomic E-state index is 14.0. The molecule has 4 aromatic heterocycles. The molecule has 2 saturated heterocycles. The summed E-state index contributed by atoms with van der Waals surface area (Å²) in [5.74, 6) is 5.58. The molecule has 6 atom stereocenters. The van der Waals surface area contributed by atoms with Crippen LogP contribution in [0.5, 0.6) is 0 Å². The fourth-order valence-corrected chi connectivity index (χ4v) is 6.57. The second-order valence-corrected chi connectivity index (χ2v) is 17.1. The third kappa shape index (κ3) is 6.49. The second-order valence-electron chi connectivity index (χ2n) is 12.4. The smallest absolute Gasteiger partial charge is 0.312 e. The number of halogens is 2. The Kier molecular flexibility index (Phi) is 9.91. The monoisotopic (exact) mass is 670 g/mol. The first-order chi connectivity index (χ1) is 21.7. The highest BCUT2D eigenvalue weighted by molar-refractivity contribution is 6.79. The van der Waals surface area contributed by atoms with E-state index < -0.39 is 50.5 Å². The van der Waals surface area contributed by atoms with E-state index in [0.717, 1.165) is 12.8 Å². The Balaban J connectivity index is 0.000000211. The van der Waals surface area contributed by atoms with Gasteiger partial charge in [-0.3, -0.25) is 9.13 Å². The number of nitrogens with zero attached hydrogens (tertiary/aromatic N) is 8. The van der Waals surface area contributed by atoms with Crippen LogP contribution in [0.1, 0.15) is 53.0 Å². The zero-order chi connectivity index (χ0) is 33.6. The largest absolute Gasteiger partial charge is 0.394 e. The Bertz CT molecular complexity index is 1850. The number of imidazole rings is 2. The van der Waals surface area contributed by atoms with Gasteiger partial charge in [0, 0.05) is 12.3 Å². The van der Waals surface area contributed by atoms with E-state index in [2.05, 4.69) is 73.3 Å². The molecule has 2 aliphatic heterocycles. The van der Waals surface area contributed by atoms with Crippen molar-refractivity contribution in [2.45, 2.75) is 89.9 Å². The van der Waals surface area contributed by atoms with Gasteiger partial charge >= 0.3 is 12.2 Å². The number of nitrogens with one attached hydrogen (secondary N) is 1. The molecule has 0 bridgehead atoms. The van der Waals surface area contributed by atoms with Crippen LogP contribution in [-0.4, -0.2) is 81.4 Å². The van der Waals surface area contributed by atoms with Crippen LogP contribution in [0.15, 0.2) is 12.7 Å². The van der Waals surface area contributed by atoms with Crippen molar-refractivity contribution in [3.05, 3.63) is 24.8 Å². The number of ether oxygens (including phenoxy) is 2. The van der Waals surface area contributed by atoms with Crippen molar-refractivity contribution in [1.29, 1.82) is 0 Å². The van der Waals surface area contributed by atoms with Crippen LogP contribution in [0, 0.1) is 42.8 Å². The van der Waals surface area contributed by atoms with E-state index in [0.29, 0.717) is 17.0 Å². The maximum absolute atomic E-state index is 14.0. The molecule has 0 aromatic carbocycles. The minimum atomic E-state index is -1.72. The van der Waals surface area contributed by atoms with Gasteiger partial charge in [0.2, 0.25) is 0 Å². The van der Waals surface area contributed by atoms with E-state index in [1.54, 1.807) is 10.9 Å². The third-order valence-electron chi connectivity index (χ3n) is 8.19. The summed E-state index contributed by atoms with van der Waals surface area (Å²) in [4.78, 5) is 26.6. The average Bonchev–Trinajstić information content (AvgIpc) is 3.76. The molecule has 6 heterocycles. The fourth-order valence-electron chi connectivity index (χ4n) is 5.68. The lowest BCUT2D eigenvalue weighted by molar-refractivity contribution is -0.0891. The van der Waals surface area contributed by atoms with E-state index in [1.807, 2.05) is 6.92 Å². The van der Waals surface area contributed by atoms with Crippen LogP contribution in [0.25, 0.3) is 22.3 Å². The maximum Gasteiger partial charge on any atom is 0.312 e. The number of fused-ring (bicyclic) bond motifs is 2. The van der Waals surface area contributed by atoms with E-state index in [4.69, 9.17) is 28.1 Å². The Hall–Kier alpha value is -4.26. The van der Waals surface area contributed by atoms with Crippen LogP contribution in [0.2, 0.25) is 19.6 Å². The number of nitrogens with two attached hydrogens (primary N) is 1. The summed E-state index contributed by atoms with van der Waals surface area (Å²) in [5.41, 5.74) is 4.79. The number of aromatic nitrogens is 8. The standard InChI is InChI=1S/C17H24FN5OSi.C12H12FN5O3.CH4/c1-7-17(8-2)11(3)9-12(24-17)23-10-19-13-14(22-25(4,5)6)20-16(18)21-15(13)23;1-2-12(4-19)6(20)3-7(21-12)18-5-15-8-9(14)16-11(13)17-10(8)18;/h1,10-12H,8-9H2,2-6H3,(H,20,21,22);1,5-7,19-20H,3-4H2,(H2,14,16,17);1H4/t11-,12+,17+;6-,7+,12+;/m00./s1. The molecule has 5 N–H and O–H groups in total. The topological polar surface area (TPSA) is 184 Å². The molecule has 17 heteroatoms. The van der Waals surface area contributed by atoms with Crippen LogP contribution < -0.4 is 10.7 Å². The summed E-state index contributed by atoms with van der Waals surface area (Å²) in [7, 11) is -1.72. The number of nitrogen functional groups attached to an aromatic ring is 1. The van der Waals surface area contributed by atoms with Gasteiger partial charge in [0.15, 0.2) is 34.0 Å². The summed E-state index contributed by atoms with van der Waals surface area (Å²) in [6.07, 6.45) is 11.7. The fraction of sp³-hybridized carbons (Fsp3) is 0.533. The molecule has 6 rings (SSSR count). The molecular weight excluding hydrogens is 630 g/mol.